The molecule has 1 heterocycles. The van der Waals surface area contributed by atoms with Gasteiger partial charge >= 0.3 is 6.09 Å². The molecule has 0 aromatic heterocycles. The summed E-state index contributed by atoms with van der Waals surface area (Å²) in [5, 5.41) is 10.5. The number of Topliss-reactive ketones (excluding diaryl/α,β-unsaturated/α-hetero) is 1. The lowest BCUT2D eigenvalue weighted by atomic mass is 9.80. The lowest BCUT2D eigenvalue weighted by Gasteiger charge is -2.36. The van der Waals surface area contributed by atoms with Gasteiger partial charge in [-0.05, 0) is 75.2 Å². The molecule has 6 N–H and O–H groups in total. The normalized spacial score (nSPS) is 22.6. The van der Waals surface area contributed by atoms with Crippen LogP contribution in [0.2, 0.25) is 0 Å². The van der Waals surface area contributed by atoms with Crippen LogP contribution in [0.3, 0.4) is 0 Å². The number of alkyl carbamates (subject to hydrolysis) is 1. The number of nitrogens with two attached hydrogens (primary N) is 1. The van der Waals surface area contributed by atoms with E-state index in [1.807, 2.05) is 13.8 Å². The Hall–Kier alpha value is -4.49. The number of nitrogens with zero attached hydrogens (tertiary/aromatic N) is 1. The molecular weight excluding hydrogens is 692 g/mol. The molecule has 6 atom stereocenters. The van der Waals surface area contributed by atoms with Gasteiger partial charge in [0.2, 0.25) is 29.4 Å². The van der Waals surface area contributed by atoms with E-state index in [2.05, 4.69) is 21.3 Å². The minimum absolute atomic E-state index is 0.0927. The smallest absolute Gasteiger partial charge is 0.408 e. The minimum atomic E-state index is -1.16. The quantitative estimate of drug-likeness (QED) is 0.168. The lowest BCUT2D eigenvalue weighted by Crippen LogP contribution is -2.59. The lowest BCUT2D eigenvalue weighted by molar-refractivity contribution is -0.144. The highest BCUT2D eigenvalue weighted by Gasteiger charge is 2.52. The molecule has 3 saturated carbocycles. The summed E-state index contributed by atoms with van der Waals surface area (Å²) >= 11 is 0. The van der Waals surface area contributed by atoms with E-state index in [9.17, 15) is 33.6 Å². The van der Waals surface area contributed by atoms with Crippen LogP contribution >= 0.6 is 0 Å². The van der Waals surface area contributed by atoms with Crippen LogP contribution in [0.15, 0.2) is 30.3 Å². The fraction of sp³-hybridized carbons (Fsp3) is 0.675. The number of ketones is 1. The van der Waals surface area contributed by atoms with Crippen molar-refractivity contribution in [2.45, 2.75) is 135 Å². The summed E-state index contributed by atoms with van der Waals surface area (Å²) in [6, 6.07) is 4.41. The fourth-order valence-corrected chi connectivity index (χ4v) is 8.40. The van der Waals surface area contributed by atoms with Crippen LogP contribution < -0.4 is 27.0 Å². The number of carbonyl (C=O) groups excluding carboxylic acids is 7. The summed E-state index contributed by atoms with van der Waals surface area (Å²) < 4.78 is 5.35. The van der Waals surface area contributed by atoms with Crippen LogP contribution in [0.25, 0.3) is 0 Å². The summed E-state index contributed by atoms with van der Waals surface area (Å²) in [6.07, 6.45) is 8.94. The van der Waals surface area contributed by atoms with Gasteiger partial charge in [0.15, 0.2) is 0 Å². The van der Waals surface area contributed by atoms with E-state index >= 15 is 0 Å². The van der Waals surface area contributed by atoms with Gasteiger partial charge in [-0.2, -0.15) is 0 Å². The van der Waals surface area contributed by atoms with Crippen molar-refractivity contribution in [3.63, 3.8) is 0 Å². The van der Waals surface area contributed by atoms with Gasteiger partial charge < -0.3 is 36.6 Å². The standard InChI is InChI=1S/C38H54N6O8.C2H6/c1-22(2)52-38(51)43-31(25-15-7-4-8-16-25)37(50)44-21-26-17-10-18-27(26)32(44)35(48)41-28(19-23-11-9-12-23)33(46)36(49)40-20-29(45)42-30(34(39)47)24-13-5-3-6-14-24;1-2/h3,5-6,13-14,22-23,25-28,30-32H,4,7-12,15-21H2,1-2H3,(H2,39,47)(H,40,49)(H,41,48)(H,42,45)(H,43,51);1-2H3/t26-,27-,28?,30?,31?,32?;/m0./s1. The maximum absolute atomic E-state index is 14.4. The van der Waals surface area contributed by atoms with Gasteiger partial charge in [0.25, 0.3) is 5.91 Å². The molecule has 6 amide bonds. The van der Waals surface area contributed by atoms with Gasteiger partial charge in [-0.25, -0.2) is 4.79 Å². The van der Waals surface area contributed by atoms with Gasteiger partial charge in [0, 0.05) is 6.54 Å². The highest BCUT2D eigenvalue weighted by molar-refractivity contribution is 6.38. The van der Waals surface area contributed by atoms with Gasteiger partial charge in [0.1, 0.15) is 18.1 Å². The Kier molecular flexibility index (Phi) is 15.9. The molecule has 14 heteroatoms. The van der Waals surface area contributed by atoms with E-state index in [1.54, 1.807) is 49.1 Å². The molecule has 0 bridgehead atoms. The van der Waals surface area contributed by atoms with Gasteiger partial charge in [-0.15, -0.1) is 0 Å². The van der Waals surface area contributed by atoms with E-state index in [0.717, 1.165) is 70.6 Å². The monoisotopic (exact) mass is 752 g/mol. The fourth-order valence-electron chi connectivity index (χ4n) is 8.40. The Labute approximate surface area is 318 Å². The number of nitrogens with one attached hydrogen (secondary N) is 4. The largest absolute Gasteiger partial charge is 0.447 e. The third-order valence-electron chi connectivity index (χ3n) is 11.2. The number of ether oxygens (including phenoxy) is 1. The number of fused-ring (bicyclic) bond motifs is 1. The predicted molar refractivity (Wildman–Crippen MR) is 201 cm³/mol. The van der Waals surface area contributed by atoms with Crippen LogP contribution in [-0.4, -0.2) is 83.6 Å². The van der Waals surface area contributed by atoms with E-state index in [1.165, 1.54) is 0 Å². The van der Waals surface area contributed by atoms with Crippen molar-refractivity contribution in [2.24, 2.45) is 29.4 Å². The predicted octanol–water partition coefficient (Wildman–Crippen LogP) is 3.43. The highest BCUT2D eigenvalue weighted by atomic mass is 16.6. The zero-order valence-electron chi connectivity index (χ0n) is 32.3. The Morgan fingerprint density at radius 3 is 2.11 bits per heavy atom. The Morgan fingerprint density at radius 2 is 1.50 bits per heavy atom. The molecule has 0 radical (unpaired) electrons. The topological polar surface area (TPSA) is 206 Å². The number of rotatable bonds is 15. The first-order chi connectivity index (χ1) is 25.9. The first-order valence-electron chi connectivity index (χ1n) is 20.0. The molecule has 14 nitrogen and oxygen atoms in total. The van der Waals surface area contributed by atoms with Crippen LogP contribution in [0.5, 0.6) is 0 Å². The van der Waals surface area contributed by atoms with Crippen molar-refractivity contribution in [2.75, 3.05) is 13.1 Å². The number of carbonyl (C=O) groups is 7. The molecule has 1 aromatic carbocycles. The van der Waals surface area contributed by atoms with E-state index in [0.29, 0.717) is 12.1 Å². The van der Waals surface area contributed by atoms with Gasteiger partial charge in [-0.1, -0.05) is 89.1 Å². The summed E-state index contributed by atoms with van der Waals surface area (Å²) in [5.41, 5.74) is 5.96. The summed E-state index contributed by atoms with van der Waals surface area (Å²) in [6.45, 7) is 7.26. The zero-order valence-corrected chi connectivity index (χ0v) is 32.3. The summed E-state index contributed by atoms with van der Waals surface area (Å²) in [4.78, 5) is 94.6. The molecular formula is C40H60N6O8. The maximum Gasteiger partial charge on any atom is 0.408 e. The number of primary amides is 1. The van der Waals surface area contributed by atoms with Crippen molar-refractivity contribution in [3.05, 3.63) is 35.9 Å². The second kappa shape index (κ2) is 20.3. The number of likely N-dealkylation sites (tertiary alicyclic amines) is 1. The van der Waals surface area contributed by atoms with E-state index < -0.39 is 66.2 Å². The second-order valence-corrected chi connectivity index (χ2v) is 15.2. The Morgan fingerprint density at radius 1 is 0.833 bits per heavy atom. The van der Waals surface area contributed by atoms with Crippen molar-refractivity contribution < 1.29 is 38.3 Å². The van der Waals surface area contributed by atoms with Crippen molar-refractivity contribution >= 4 is 41.4 Å². The van der Waals surface area contributed by atoms with E-state index in [-0.39, 0.29) is 42.1 Å². The molecule has 54 heavy (non-hydrogen) atoms. The number of hydrogen-bond donors (Lipinski definition) is 5. The average Bonchev–Trinajstić information content (AvgIpc) is 3.75. The van der Waals surface area contributed by atoms with Crippen molar-refractivity contribution in [1.29, 1.82) is 0 Å². The summed E-state index contributed by atoms with van der Waals surface area (Å²) in [7, 11) is 0. The molecule has 4 aliphatic rings. The van der Waals surface area contributed by atoms with E-state index in [4.69, 9.17) is 10.5 Å². The van der Waals surface area contributed by atoms with Crippen molar-refractivity contribution in [3.8, 4) is 0 Å². The molecule has 4 fully saturated rings. The highest BCUT2D eigenvalue weighted by Crippen LogP contribution is 2.43. The Bertz CT molecular complexity index is 1480. The zero-order chi connectivity index (χ0) is 39.4. The average molecular weight is 753 g/mol. The minimum Gasteiger partial charge on any atom is -0.447 e. The van der Waals surface area contributed by atoms with Crippen LogP contribution in [0.1, 0.15) is 116 Å². The third-order valence-corrected chi connectivity index (χ3v) is 11.2. The first-order valence-corrected chi connectivity index (χ1v) is 20.0. The molecule has 4 unspecified atom stereocenters. The molecule has 1 aliphatic heterocycles. The molecule has 5 rings (SSSR count). The molecule has 1 saturated heterocycles. The maximum atomic E-state index is 14.4. The van der Waals surface area contributed by atoms with Crippen molar-refractivity contribution in [1.82, 2.24) is 26.2 Å². The second-order valence-electron chi connectivity index (χ2n) is 15.2. The number of hydrogen-bond acceptors (Lipinski definition) is 8. The number of amides is 6. The third kappa shape index (κ3) is 11.0. The SMILES string of the molecule is CC.CC(C)OC(=O)NC(C(=O)N1C[C@@H]2CCC[C@@H]2C1C(=O)NC(CC1CCC1)C(=O)C(=O)NCC(=O)NC(C(N)=O)c1ccccc1)C1CCCCC1. The van der Waals surface area contributed by atoms with Crippen LogP contribution in [-0.2, 0) is 33.5 Å². The molecule has 298 valence electrons. The first kappa shape index (κ1) is 42.3. The molecule has 3 aliphatic carbocycles. The number of benzene rings is 1. The molecule has 1 aromatic rings. The summed E-state index contributed by atoms with van der Waals surface area (Å²) in [5.74, 6) is -4.22. The Balaban J connectivity index is 0.00000319. The van der Waals surface area contributed by atoms with Gasteiger partial charge in [-0.3, -0.25) is 28.8 Å². The van der Waals surface area contributed by atoms with Crippen LogP contribution in [0, 0.1) is 23.7 Å². The molecule has 0 spiro atoms. The van der Waals surface area contributed by atoms with Crippen LogP contribution in [0.4, 0.5) is 4.79 Å². The van der Waals surface area contributed by atoms with Gasteiger partial charge in [0.05, 0.1) is 18.7 Å².